The molecule has 35 heavy (non-hydrogen) atoms. The largest absolute Gasteiger partial charge is 0.446 e. The summed E-state index contributed by atoms with van der Waals surface area (Å²) in [6.45, 7) is 8.77. The van der Waals surface area contributed by atoms with Crippen LogP contribution < -0.4 is 10.7 Å². The van der Waals surface area contributed by atoms with Gasteiger partial charge in [-0.1, -0.05) is 0 Å². The fraction of sp³-hybridized carbons (Fsp3) is 0.926. The summed E-state index contributed by atoms with van der Waals surface area (Å²) in [4.78, 5) is 30.4. The van der Waals surface area contributed by atoms with Crippen LogP contribution in [0.4, 0.5) is 4.79 Å². The maximum absolute atomic E-state index is 13.6. The zero-order valence-corrected chi connectivity index (χ0v) is 21.7. The molecule has 3 saturated carbocycles. The van der Waals surface area contributed by atoms with E-state index in [9.17, 15) is 9.59 Å². The van der Waals surface area contributed by atoms with Gasteiger partial charge in [-0.05, 0) is 101 Å². The van der Waals surface area contributed by atoms with Crippen LogP contribution in [0.15, 0.2) is 0 Å². The van der Waals surface area contributed by atoms with Gasteiger partial charge in [-0.25, -0.2) is 9.80 Å². The fourth-order valence-electron chi connectivity index (χ4n) is 8.23. The molecule has 0 aromatic heterocycles. The maximum Gasteiger partial charge on any atom is 0.410 e. The van der Waals surface area contributed by atoms with Crippen molar-refractivity contribution in [1.29, 1.82) is 0 Å². The van der Waals surface area contributed by atoms with Crippen molar-refractivity contribution in [2.24, 2.45) is 23.7 Å². The van der Waals surface area contributed by atoms with Crippen LogP contribution in [0.5, 0.6) is 0 Å². The lowest BCUT2D eigenvalue weighted by molar-refractivity contribution is -0.143. The molecule has 196 valence electrons. The third-order valence-electron chi connectivity index (χ3n) is 10.2. The smallest absolute Gasteiger partial charge is 0.410 e. The van der Waals surface area contributed by atoms with Crippen molar-refractivity contribution in [3.05, 3.63) is 0 Å². The molecule has 0 spiro atoms. The van der Waals surface area contributed by atoms with E-state index in [4.69, 9.17) is 4.74 Å². The number of hydrogen-bond donors (Lipinski definition) is 2. The summed E-state index contributed by atoms with van der Waals surface area (Å²) < 4.78 is 6.23. The summed E-state index contributed by atoms with van der Waals surface area (Å²) in [6.07, 6.45) is 10.0. The number of hydrogen-bond acceptors (Lipinski definition) is 6. The van der Waals surface area contributed by atoms with Gasteiger partial charge in [-0.3, -0.25) is 10.2 Å². The molecule has 6 aliphatic rings. The monoisotopic (exact) mass is 487 g/mol. The van der Waals surface area contributed by atoms with Crippen molar-refractivity contribution in [3.8, 4) is 0 Å². The molecule has 0 bridgehead atoms. The predicted octanol–water partition coefficient (Wildman–Crippen LogP) is 2.59. The second kappa shape index (κ2) is 9.82. The predicted molar refractivity (Wildman–Crippen MR) is 133 cm³/mol. The van der Waals surface area contributed by atoms with Crippen molar-refractivity contribution in [1.82, 2.24) is 25.6 Å². The van der Waals surface area contributed by atoms with E-state index in [1.165, 1.54) is 19.3 Å². The summed E-state index contributed by atoms with van der Waals surface area (Å²) >= 11 is 0. The molecule has 0 radical (unpaired) electrons. The molecule has 8 heteroatoms. The summed E-state index contributed by atoms with van der Waals surface area (Å²) in [5.74, 6) is 2.81. The van der Waals surface area contributed by atoms with Crippen molar-refractivity contribution < 1.29 is 14.3 Å². The highest BCUT2D eigenvalue weighted by atomic mass is 16.6. The van der Waals surface area contributed by atoms with E-state index in [1.807, 2.05) is 4.90 Å². The van der Waals surface area contributed by atoms with Crippen LogP contribution in [0.3, 0.4) is 0 Å². The molecule has 0 aromatic carbocycles. The van der Waals surface area contributed by atoms with Gasteiger partial charge in [0.25, 0.3) is 0 Å². The van der Waals surface area contributed by atoms with Crippen LogP contribution in [0.2, 0.25) is 0 Å². The molecule has 8 nitrogen and oxygen atoms in total. The van der Waals surface area contributed by atoms with E-state index in [0.29, 0.717) is 24.3 Å². The van der Waals surface area contributed by atoms with Gasteiger partial charge >= 0.3 is 6.09 Å². The standard InChI is InChI=1S/C27H45N5O3/c1-17-15-30(27(34)35-24-7-3-21-13-28-10-9-20(21)11-24)26-12-19(4-8-25(26)32(17)18(2)33)22-14-29-31(16-22)23-5-6-23/h17,19-26,28-29H,3-16H2,1-2H3/t17-,19?,20?,21?,22?,24?,25?,26?/m0/s1. The van der Waals surface area contributed by atoms with Crippen LogP contribution in [0.25, 0.3) is 0 Å². The Morgan fingerprint density at radius 1 is 0.829 bits per heavy atom. The van der Waals surface area contributed by atoms with Gasteiger partial charge < -0.3 is 19.9 Å². The Labute approximate surface area is 210 Å². The highest BCUT2D eigenvalue weighted by Crippen LogP contribution is 2.41. The van der Waals surface area contributed by atoms with E-state index in [0.717, 1.165) is 76.7 Å². The minimum Gasteiger partial charge on any atom is -0.446 e. The van der Waals surface area contributed by atoms with Gasteiger partial charge in [0, 0.05) is 38.6 Å². The van der Waals surface area contributed by atoms with Gasteiger partial charge in [0.15, 0.2) is 0 Å². The Morgan fingerprint density at radius 3 is 2.43 bits per heavy atom. The Bertz CT molecular complexity index is 806. The van der Waals surface area contributed by atoms with Crippen molar-refractivity contribution in [2.75, 3.05) is 32.7 Å². The van der Waals surface area contributed by atoms with Crippen LogP contribution >= 0.6 is 0 Å². The van der Waals surface area contributed by atoms with Crippen LogP contribution in [-0.4, -0.2) is 89.8 Å². The number of ether oxygens (including phenoxy) is 1. The molecule has 0 aromatic rings. The SMILES string of the molecule is CC(=O)N1C2CCC(C3CNN(C4CC4)C3)CC2N(C(=O)OC2CCC3CNCCC3C2)C[C@@H]1C. The number of fused-ring (bicyclic) bond motifs is 2. The number of carbonyl (C=O) groups excluding carboxylic acids is 2. The first-order valence-electron chi connectivity index (χ1n) is 14.4. The number of piperidine rings is 1. The fourth-order valence-corrected chi connectivity index (χ4v) is 8.23. The molecule has 6 fully saturated rings. The zero-order chi connectivity index (χ0) is 24.1. The lowest BCUT2D eigenvalue weighted by atomic mass is 9.73. The van der Waals surface area contributed by atoms with Crippen LogP contribution in [0, 0.1) is 23.7 Å². The first-order valence-corrected chi connectivity index (χ1v) is 14.4. The van der Waals surface area contributed by atoms with Crippen LogP contribution in [0.1, 0.15) is 71.6 Å². The second-order valence-electron chi connectivity index (χ2n) is 12.5. The lowest BCUT2D eigenvalue weighted by Crippen LogP contribution is -2.67. The van der Waals surface area contributed by atoms with E-state index in [-0.39, 0.29) is 36.2 Å². The summed E-state index contributed by atoms with van der Waals surface area (Å²) in [5.41, 5.74) is 3.64. The Balaban J connectivity index is 1.14. The van der Waals surface area contributed by atoms with Crippen molar-refractivity contribution >= 4 is 12.0 Å². The number of piperazine rings is 1. The highest BCUT2D eigenvalue weighted by molar-refractivity contribution is 5.75. The second-order valence-corrected chi connectivity index (χ2v) is 12.5. The number of nitrogens with zero attached hydrogens (tertiary/aromatic N) is 3. The molecule has 3 aliphatic heterocycles. The zero-order valence-electron chi connectivity index (χ0n) is 21.7. The summed E-state index contributed by atoms with van der Waals surface area (Å²) in [6, 6.07) is 0.971. The number of hydrazine groups is 1. The van der Waals surface area contributed by atoms with E-state index in [1.54, 1.807) is 6.92 Å². The molecule has 3 aliphatic carbocycles. The number of rotatable bonds is 3. The molecule has 2 N–H and O–H groups in total. The van der Waals surface area contributed by atoms with Gasteiger partial charge in [-0.2, -0.15) is 0 Å². The Kier molecular flexibility index (Phi) is 6.73. The van der Waals surface area contributed by atoms with E-state index < -0.39 is 0 Å². The Hall–Kier alpha value is -1.38. The molecule has 7 unspecified atom stereocenters. The first-order chi connectivity index (χ1) is 17.0. The lowest BCUT2D eigenvalue weighted by Gasteiger charge is -2.54. The Morgan fingerprint density at radius 2 is 1.63 bits per heavy atom. The van der Waals surface area contributed by atoms with E-state index >= 15 is 0 Å². The number of nitrogens with one attached hydrogen (secondary N) is 2. The molecule has 2 amide bonds. The first kappa shape index (κ1) is 24.0. The third-order valence-corrected chi connectivity index (χ3v) is 10.2. The maximum atomic E-state index is 13.6. The van der Waals surface area contributed by atoms with E-state index in [2.05, 4.69) is 27.6 Å². The van der Waals surface area contributed by atoms with Gasteiger partial charge in [-0.15, -0.1) is 0 Å². The number of amides is 2. The minimum absolute atomic E-state index is 0.0384. The molecule has 6 rings (SSSR count). The highest BCUT2D eigenvalue weighted by Gasteiger charge is 2.49. The average molecular weight is 488 g/mol. The quantitative estimate of drug-likeness (QED) is 0.637. The van der Waals surface area contributed by atoms with Crippen molar-refractivity contribution in [2.45, 2.75) is 102 Å². The van der Waals surface area contributed by atoms with Gasteiger partial charge in [0.2, 0.25) is 5.91 Å². The number of carbonyl (C=O) groups is 2. The third kappa shape index (κ3) is 4.82. The summed E-state index contributed by atoms with van der Waals surface area (Å²) in [7, 11) is 0. The van der Waals surface area contributed by atoms with Gasteiger partial charge in [0.1, 0.15) is 6.10 Å². The molecular weight excluding hydrogens is 442 g/mol. The topological polar surface area (TPSA) is 77.2 Å². The van der Waals surface area contributed by atoms with Crippen molar-refractivity contribution in [3.63, 3.8) is 0 Å². The molecule has 3 heterocycles. The normalized spacial score (nSPS) is 42.3. The minimum atomic E-state index is -0.128. The van der Waals surface area contributed by atoms with Gasteiger partial charge in [0.05, 0.1) is 12.1 Å². The average Bonchev–Trinajstić information content (AvgIpc) is 3.59. The molecular formula is C27H45N5O3. The summed E-state index contributed by atoms with van der Waals surface area (Å²) in [5, 5.41) is 5.99. The van der Waals surface area contributed by atoms with Crippen LogP contribution in [-0.2, 0) is 9.53 Å². The molecule has 8 atom stereocenters. The molecule has 3 saturated heterocycles.